The fourth-order valence-electron chi connectivity index (χ4n) is 1.89. The summed E-state index contributed by atoms with van der Waals surface area (Å²) in [6, 6.07) is 7.66. The lowest BCUT2D eigenvalue weighted by Crippen LogP contribution is -2.47. The van der Waals surface area contributed by atoms with Gasteiger partial charge in [-0.3, -0.25) is 0 Å². The van der Waals surface area contributed by atoms with E-state index in [4.69, 9.17) is 9.47 Å². The topological polar surface area (TPSA) is 47.6 Å². The van der Waals surface area contributed by atoms with Crippen molar-refractivity contribution in [1.29, 1.82) is 0 Å². The SMILES string of the molecule is COC(=O)C1(Nc2ccccc2Br)CCOC1. The molecular weight excluding hydrogens is 286 g/mol. The van der Waals surface area contributed by atoms with Gasteiger partial charge in [-0.05, 0) is 28.1 Å². The normalized spacial score (nSPS) is 23.4. The number of anilines is 1. The zero-order chi connectivity index (χ0) is 12.3. The standard InChI is InChI=1S/C12H14BrNO3/c1-16-11(15)12(6-7-17-8-12)14-10-5-3-2-4-9(10)13/h2-5,14H,6-8H2,1H3. The van der Waals surface area contributed by atoms with Crippen LogP contribution in [0.25, 0.3) is 0 Å². The van der Waals surface area contributed by atoms with Crippen molar-refractivity contribution in [2.45, 2.75) is 12.0 Å². The number of methoxy groups -OCH3 is 1. The number of hydrogen-bond donors (Lipinski definition) is 1. The van der Waals surface area contributed by atoms with Crippen LogP contribution >= 0.6 is 15.9 Å². The van der Waals surface area contributed by atoms with Crippen LogP contribution in [0.1, 0.15) is 6.42 Å². The van der Waals surface area contributed by atoms with Crippen molar-refractivity contribution >= 4 is 27.6 Å². The minimum atomic E-state index is -0.765. The Hall–Kier alpha value is -1.07. The van der Waals surface area contributed by atoms with Gasteiger partial charge in [-0.15, -0.1) is 0 Å². The van der Waals surface area contributed by atoms with Crippen molar-refractivity contribution in [3.8, 4) is 0 Å². The summed E-state index contributed by atoms with van der Waals surface area (Å²) in [5.74, 6) is -0.286. The number of benzene rings is 1. The van der Waals surface area contributed by atoms with E-state index in [9.17, 15) is 4.79 Å². The van der Waals surface area contributed by atoms with Crippen LogP contribution in [0.5, 0.6) is 0 Å². The molecule has 1 atom stereocenters. The fourth-order valence-corrected chi connectivity index (χ4v) is 2.28. The molecule has 1 unspecified atom stereocenters. The first kappa shape index (κ1) is 12.4. The molecule has 1 aromatic rings. The third kappa shape index (κ3) is 2.45. The smallest absolute Gasteiger partial charge is 0.334 e. The Kier molecular flexibility index (Phi) is 3.69. The van der Waals surface area contributed by atoms with Crippen molar-refractivity contribution in [1.82, 2.24) is 0 Å². The summed E-state index contributed by atoms with van der Waals surface area (Å²) in [7, 11) is 1.39. The van der Waals surface area contributed by atoms with Crippen molar-refractivity contribution in [2.75, 3.05) is 25.6 Å². The van der Waals surface area contributed by atoms with E-state index in [1.54, 1.807) is 0 Å². The van der Waals surface area contributed by atoms with Gasteiger partial charge in [0.1, 0.15) is 0 Å². The van der Waals surface area contributed by atoms with Gasteiger partial charge in [-0.2, -0.15) is 0 Å². The van der Waals surface area contributed by atoms with Gasteiger partial charge in [0.15, 0.2) is 5.54 Å². The van der Waals surface area contributed by atoms with E-state index in [1.807, 2.05) is 24.3 Å². The second-order valence-corrected chi connectivity index (χ2v) is 4.84. The molecule has 17 heavy (non-hydrogen) atoms. The maximum Gasteiger partial charge on any atom is 0.334 e. The van der Waals surface area contributed by atoms with Crippen LogP contribution in [0.4, 0.5) is 5.69 Å². The van der Waals surface area contributed by atoms with Crippen molar-refractivity contribution < 1.29 is 14.3 Å². The van der Waals surface area contributed by atoms with Gasteiger partial charge < -0.3 is 14.8 Å². The number of ether oxygens (including phenoxy) is 2. The first-order valence-corrected chi connectivity index (χ1v) is 6.16. The summed E-state index contributed by atoms with van der Waals surface area (Å²) in [5.41, 5.74) is 0.0990. The molecule has 0 spiro atoms. The molecule has 0 aromatic heterocycles. The first-order valence-electron chi connectivity index (χ1n) is 5.37. The van der Waals surface area contributed by atoms with E-state index in [0.717, 1.165) is 10.2 Å². The van der Waals surface area contributed by atoms with Crippen molar-refractivity contribution in [3.05, 3.63) is 28.7 Å². The molecule has 2 rings (SSSR count). The Bertz CT molecular complexity index is 416. The number of hydrogen-bond acceptors (Lipinski definition) is 4. The summed E-state index contributed by atoms with van der Waals surface area (Å²) in [5, 5.41) is 3.23. The predicted molar refractivity (Wildman–Crippen MR) is 67.9 cm³/mol. The lowest BCUT2D eigenvalue weighted by molar-refractivity contribution is -0.146. The number of para-hydroxylation sites is 1. The van der Waals surface area contributed by atoms with E-state index in [1.165, 1.54) is 7.11 Å². The van der Waals surface area contributed by atoms with Crippen molar-refractivity contribution in [3.63, 3.8) is 0 Å². The maximum atomic E-state index is 11.9. The van der Waals surface area contributed by atoms with Gasteiger partial charge in [-0.1, -0.05) is 12.1 Å². The monoisotopic (exact) mass is 299 g/mol. The van der Waals surface area contributed by atoms with Crippen LogP contribution < -0.4 is 5.32 Å². The molecule has 0 saturated carbocycles. The second-order valence-electron chi connectivity index (χ2n) is 3.98. The van der Waals surface area contributed by atoms with Crippen LogP contribution in [0.2, 0.25) is 0 Å². The number of nitrogens with one attached hydrogen (secondary N) is 1. The van der Waals surface area contributed by atoms with E-state index >= 15 is 0 Å². The van der Waals surface area contributed by atoms with Crippen molar-refractivity contribution in [2.24, 2.45) is 0 Å². The number of carbonyl (C=O) groups excluding carboxylic acids is 1. The Balaban J connectivity index is 2.25. The third-order valence-electron chi connectivity index (χ3n) is 2.85. The summed E-state index contributed by atoms with van der Waals surface area (Å²) in [6.07, 6.45) is 0.612. The van der Waals surface area contributed by atoms with Gasteiger partial charge in [-0.25, -0.2) is 4.79 Å². The lowest BCUT2D eigenvalue weighted by atomic mass is 9.98. The average molecular weight is 300 g/mol. The van der Waals surface area contributed by atoms with Gasteiger partial charge in [0.05, 0.1) is 13.7 Å². The molecule has 1 aromatic carbocycles. The van der Waals surface area contributed by atoms with Crippen LogP contribution in [-0.2, 0) is 14.3 Å². The largest absolute Gasteiger partial charge is 0.467 e. The van der Waals surface area contributed by atoms with Gasteiger partial charge >= 0.3 is 5.97 Å². The number of rotatable bonds is 3. The lowest BCUT2D eigenvalue weighted by Gasteiger charge is -2.27. The minimum Gasteiger partial charge on any atom is -0.467 e. The molecule has 1 fully saturated rings. The van der Waals surface area contributed by atoms with E-state index in [-0.39, 0.29) is 5.97 Å². The number of esters is 1. The fraction of sp³-hybridized carbons (Fsp3) is 0.417. The van der Waals surface area contributed by atoms with Gasteiger partial charge in [0, 0.05) is 23.2 Å². The molecule has 4 nitrogen and oxygen atoms in total. The number of carbonyl (C=O) groups is 1. The molecule has 0 bridgehead atoms. The Morgan fingerprint density at radius 3 is 2.88 bits per heavy atom. The molecule has 0 radical (unpaired) electrons. The second kappa shape index (κ2) is 5.06. The van der Waals surface area contributed by atoms with Crippen LogP contribution in [-0.4, -0.2) is 31.8 Å². The molecule has 1 aliphatic heterocycles. The molecule has 1 heterocycles. The highest BCUT2D eigenvalue weighted by atomic mass is 79.9. The zero-order valence-electron chi connectivity index (χ0n) is 9.53. The van der Waals surface area contributed by atoms with Gasteiger partial charge in [0.25, 0.3) is 0 Å². The van der Waals surface area contributed by atoms with E-state index in [2.05, 4.69) is 21.2 Å². The maximum absolute atomic E-state index is 11.9. The molecule has 1 N–H and O–H groups in total. The Morgan fingerprint density at radius 2 is 2.29 bits per heavy atom. The first-order chi connectivity index (χ1) is 8.18. The molecule has 1 saturated heterocycles. The Morgan fingerprint density at radius 1 is 1.53 bits per heavy atom. The molecular formula is C12H14BrNO3. The van der Waals surface area contributed by atoms with Gasteiger partial charge in [0.2, 0.25) is 0 Å². The highest BCUT2D eigenvalue weighted by Gasteiger charge is 2.43. The predicted octanol–water partition coefficient (Wildman–Crippen LogP) is 2.19. The molecule has 5 heteroatoms. The highest BCUT2D eigenvalue weighted by molar-refractivity contribution is 9.10. The average Bonchev–Trinajstić information content (AvgIpc) is 2.81. The quantitative estimate of drug-likeness (QED) is 0.869. The molecule has 0 aliphatic carbocycles. The van der Waals surface area contributed by atoms with E-state index < -0.39 is 5.54 Å². The van der Waals surface area contributed by atoms with Crippen LogP contribution in [0, 0.1) is 0 Å². The summed E-state index contributed by atoms with van der Waals surface area (Å²) < 4.78 is 11.1. The Labute approximate surface area is 108 Å². The molecule has 1 aliphatic rings. The third-order valence-corrected chi connectivity index (χ3v) is 3.54. The molecule has 92 valence electrons. The summed E-state index contributed by atoms with van der Waals surface area (Å²) in [6.45, 7) is 0.896. The zero-order valence-corrected chi connectivity index (χ0v) is 11.1. The van der Waals surface area contributed by atoms with E-state index in [0.29, 0.717) is 19.6 Å². The van der Waals surface area contributed by atoms with Crippen LogP contribution in [0.3, 0.4) is 0 Å². The number of halogens is 1. The van der Waals surface area contributed by atoms with Crippen LogP contribution in [0.15, 0.2) is 28.7 Å². The minimum absolute atomic E-state index is 0.286. The molecule has 0 amide bonds. The summed E-state index contributed by atoms with van der Waals surface area (Å²) in [4.78, 5) is 11.9. The highest BCUT2D eigenvalue weighted by Crippen LogP contribution is 2.30. The summed E-state index contributed by atoms with van der Waals surface area (Å²) >= 11 is 3.44.